The lowest BCUT2D eigenvalue weighted by molar-refractivity contribution is -0.327. The van der Waals surface area contributed by atoms with E-state index in [4.69, 9.17) is 23.7 Å². The molecule has 2 aromatic rings. The third kappa shape index (κ3) is 4.23. The number of carbonyl (C=O) groups excluding carboxylic acids is 2. The SMILES string of the molecule is COc1cc(O)c2c(c1)C(=O)c1cc3c(c(O)c1C2=O)C(O[C@@H]1O[C@@H](C)[C@H](O)[C@@H](O)[C@H]1OC)C(OC)C(C)(O)C3O. The van der Waals surface area contributed by atoms with Gasteiger partial charge in [0.1, 0.15) is 59.5 Å². The second kappa shape index (κ2) is 10.3. The minimum absolute atomic E-state index is 0.120. The number of rotatable bonds is 5. The summed E-state index contributed by atoms with van der Waals surface area (Å²) in [5.41, 5.74) is -3.60. The average Bonchev–Trinajstić information content (AvgIpc) is 2.92. The molecule has 2 aliphatic carbocycles. The summed E-state index contributed by atoms with van der Waals surface area (Å²) in [6.07, 6.45) is -10.8. The standard InChI is InChI=1S/C28H32O13/c1-9-18(30)22(34)24(38-4)27(40-9)41-23-17-13(25(35)28(2,36)26(23)39-5)8-12-16(21(17)33)20(32)15-11(19(12)31)6-10(37-3)7-14(15)29/h6-9,18,22-27,29-30,33-36H,1-5H3/t9-,18-,22+,23?,24+,25?,26?,27-,28?/m0/s1. The Morgan fingerprint density at radius 2 is 1.56 bits per heavy atom. The van der Waals surface area contributed by atoms with E-state index in [9.17, 15) is 40.2 Å². The predicted octanol–water partition coefficient (Wildman–Crippen LogP) is 0.234. The second-order valence-electron chi connectivity index (χ2n) is 10.6. The number of fused-ring (bicyclic) bond motifs is 3. The number of hydrogen-bond donors (Lipinski definition) is 6. The number of methoxy groups -OCH3 is 3. The van der Waals surface area contributed by atoms with Crippen LogP contribution >= 0.6 is 0 Å². The van der Waals surface area contributed by atoms with Crippen LogP contribution in [0.15, 0.2) is 18.2 Å². The van der Waals surface area contributed by atoms with Gasteiger partial charge in [0.05, 0.1) is 24.3 Å². The van der Waals surface area contributed by atoms with Crippen LogP contribution in [0.3, 0.4) is 0 Å². The van der Waals surface area contributed by atoms with Crippen molar-refractivity contribution in [3.05, 3.63) is 51.6 Å². The highest BCUT2D eigenvalue weighted by atomic mass is 16.7. The molecule has 0 radical (unpaired) electrons. The fourth-order valence-corrected chi connectivity index (χ4v) is 5.98. The van der Waals surface area contributed by atoms with E-state index < -0.39 is 83.2 Å². The van der Waals surface area contributed by atoms with Crippen molar-refractivity contribution in [3.63, 3.8) is 0 Å². The molecule has 222 valence electrons. The summed E-state index contributed by atoms with van der Waals surface area (Å²) < 4.78 is 27.9. The van der Waals surface area contributed by atoms with Crippen molar-refractivity contribution in [3.8, 4) is 17.2 Å². The third-order valence-corrected chi connectivity index (χ3v) is 8.22. The number of aromatic hydroxyl groups is 2. The molecule has 0 spiro atoms. The molecular weight excluding hydrogens is 544 g/mol. The second-order valence-corrected chi connectivity index (χ2v) is 10.6. The first kappa shape index (κ1) is 29.4. The van der Waals surface area contributed by atoms with Crippen molar-refractivity contribution in [2.75, 3.05) is 21.3 Å². The van der Waals surface area contributed by atoms with E-state index in [1.165, 1.54) is 47.3 Å². The minimum atomic E-state index is -2.06. The third-order valence-electron chi connectivity index (χ3n) is 8.22. The summed E-state index contributed by atoms with van der Waals surface area (Å²) in [5.74, 6) is -2.76. The molecule has 4 unspecified atom stereocenters. The minimum Gasteiger partial charge on any atom is -0.507 e. The van der Waals surface area contributed by atoms with Crippen molar-refractivity contribution in [2.24, 2.45) is 0 Å². The van der Waals surface area contributed by atoms with Gasteiger partial charge in [-0.25, -0.2) is 0 Å². The maximum Gasteiger partial charge on any atom is 0.201 e. The van der Waals surface area contributed by atoms with Gasteiger partial charge >= 0.3 is 0 Å². The number of benzene rings is 2. The molecule has 6 N–H and O–H groups in total. The topological polar surface area (TPSA) is 202 Å². The monoisotopic (exact) mass is 576 g/mol. The molecule has 0 bridgehead atoms. The first-order valence-electron chi connectivity index (χ1n) is 12.8. The number of hydrogen-bond acceptors (Lipinski definition) is 13. The zero-order chi connectivity index (χ0) is 30.1. The molecule has 1 saturated heterocycles. The fourth-order valence-electron chi connectivity index (χ4n) is 5.98. The Hall–Kier alpha value is -3.14. The molecule has 2 aromatic carbocycles. The van der Waals surface area contributed by atoms with Gasteiger partial charge in [0, 0.05) is 37.0 Å². The molecule has 0 aromatic heterocycles. The van der Waals surface area contributed by atoms with Gasteiger partial charge < -0.3 is 54.3 Å². The smallest absolute Gasteiger partial charge is 0.201 e. The summed E-state index contributed by atoms with van der Waals surface area (Å²) in [4.78, 5) is 27.2. The molecule has 41 heavy (non-hydrogen) atoms. The van der Waals surface area contributed by atoms with Crippen molar-refractivity contribution < 1.29 is 63.9 Å². The van der Waals surface area contributed by atoms with Crippen LogP contribution in [0, 0.1) is 0 Å². The molecule has 3 aliphatic rings. The van der Waals surface area contributed by atoms with Crippen LogP contribution < -0.4 is 4.74 Å². The van der Waals surface area contributed by atoms with Crippen molar-refractivity contribution in [2.45, 2.75) is 68.5 Å². The first-order valence-corrected chi connectivity index (χ1v) is 12.8. The highest BCUT2D eigenvalue weighted by Gasteiger charge is 2.55. The zero-order valence-electron chi connectivity index (χ0n) is 22.9. The first-order chi connectivity index (χ1) is 19.3. The van der Waals surface area contributed by atoms with Crippen LogP contribution in [0.4, 0.5) is 0 Å². The largest absolute Gasteiger partial charge is 0.507 e. The molecule has 13 nitrogen and oxygen atoms in total. The number of carbonyl (C=O) groups is 2. The number of ketones is 2. The van der Waals surface area contributed by atoms with Crippen molar-refractivity contribution in [1.82, 2.24) is 0 Å². The fraction of sp³-hybridized carbons (Fsp3) is 0.500. The van der Waals surface area contributed by atoms with E-state index in [0.717, 1.165) is 6.07 Å². The summed E-state index contributed by atoms with van der Waals surface area (Å²) in [6.45, 7) is 2.76. The van der Waals surface area contributed by atoms with Gasteiger partial charge in [-0.3, -0.25) is 9.59 Å². The summed E-state index contributed by atoms with van der Waals surface area (Å²) in [7, 11) is 3.81. The van der Waals surface area contributed by atoms with E-state index in [0.29, 0.717) is 0 Å². The molecule has 1 heterocycles. The Morgan fingerprint density at radius 1 is 0.902 bits per heavy atom. The lowest BCUT2D eigenvalue weighted by Crippen LogP contribution is -2.60. The Bertz CT molecular complexity index is 1400. The maximum absolute atomic E-state index is 13.7. The van der Waals surface area contributed by atoms with Crippen molar-refractivity contribution >= 4 is 11.6 Å². The van der Waals surface area contributed by atoms with Gasteiger partial charge in [0.2, 0.25) is 5.78 Å². The molecule has 5 rings (SSSR count). The van der Waals surface area contributed by atoms with Gasteiger partial charge in [0.25, 0.3) is 0 Å². The van der Waals surface area contributed by atoms with Crippen molar-refractivity contribution in [1.29, 1.82) is 0 Å². The molecule has 0 amide bonds. The van der Waals surface area contributed by atoms with E-state index in [-0.39, 0.29) is 33.6 Å². The summed E-state index contributed by atoms with van der Waals surface area (Å²) in [5, 5.41) is 65.7. The average molecular weight is 577 g/mol. The lowest BCUT2D eigenvalue weighted by Gasteiger charge is -2.48. The molecule has 9 atom stereocenters. The molecule has 13 heteroatoms. The van der Waals surface area contributed by atoms with Crippen LogP contribution in [-0.4, -0.2) is 106 Å². The number of ether oxygens (including phenoxy) is 5. The number of phenolic OH excluding ortho intramolecular Hbond substituents is 2. The van der Waals surface area contributed by atoms with Gasteiger partial charge in [-0.05, 0) is 31.5 Å². The van der Waals surface area contributed by atoms with E-state index in [2.05, 4.69) is 0 Å². The Kier molecular flexibility index (Phi) is 7.37. The van der Waals surface area contributed by atoms with E-state index >= 15 is 0 Å². The lowest BCUT2D eigenvalue weighted by atomic mass is 9.71. The van der Waals surface area contributed by atoms with Crippen LogP contribution in [0.1, 0.15) is 69.0 Å². The molecule has 1 fully saturated rings. The zero-order valence-corrected chi connectivity index (χ0v) is 22.9. The van der Waals surface area contributed by atoms with Gasteiger partial charge in [0.15, 0.2) is 12.1 Å². The Labute approximate surface area is 234 Å². The van der Waals surface area contributed by atoms with Gasteiger partial charge in [-0.15, -0.1) is 0 Å². The predicted molar refractivity (Wildman–Crippen MR) is 137 cm³/mol. The van der Waals surface area contributed by atoms with Crippen LogP contribution in [0.5, 0.6) is 17.2 Å². The highest BCUT2D eigenvalue weighted by molar-refractivity contribution is 6.30. The number of aliphatic hydroxyl groups excluding tert-OH is 3. The number of phenols is 2. The number of aliphatic hydroxyl groups is 4. The Morgan fingerprint density at radius 3 is 2.17 bits per heavy atom. The van der Waals surface area contributed by atoms with E-state index in [1.54, 1.807) is 0 Å². The Balaban J connectivity index is 1.70. The summed E-state index contributed by atoms with van der Waals surface area (Å²) in [6, 6.07) is 3.62. The van der Waals surface area contributed by atoms with Gasteiger partial charge in [-0.2, -0.15) is 0 Å². The molecular formula is C28H32O13. The van der Waals surface area contributed by atoms with Crippen LogP contribution in [0.25, 0.3) is 0 Å². The molecule has 1 aliphatic heterocycles. The summed E-state index contributed by atoms with van der Waals surface area (Å²) >= 11 is 0. The van der Waals surface area contributed by atoms with Crippen LogP contribution in [-0.2, 0) is 18.9 Å². The van der Waals surface area contributed by atoms with E-state index in [1.807, 2.05) is 0 Å². The van der Waals surface area contributed by atoms with Gasteiger partial charge in [-0.1, -0.05) is 0 Å². The quantitative estimate of drug-likeness (QED) is 0.241. The van der Waals surface area contributed by atoms with Crippen LogP contribution in [0.2, 0.25) is 0 Å². The molecule has 0 saturated carbocycles. The highest BCUT2D eigenvalue weighted by Crippen LogP contribution is 2.53. The maximum atomic E-state index is 13.7. The normalized spacial score (nSPS) is 34.6.